The zero-order valence-electron chi connectivity index (χ0n) is 14.8. The Kier molecular flexibility index (Phi) is 9.22. The molecule has 2 heterocycles. The van der Waals surface area contributed by atoms with Crippen LogP contribution in [0.15, 0.2) is 34.4 Å². The molecule has 1 aromatic heterocycles. The van der Waals surface area contributed by atoms with E-state index < -0.39 is 10.0 Å². The van der Waals surface area contributed by atoms with Crippen LogP contribution < -0.4 is 15.4 Å². The highest BCUT2D eigenvalue weighted by Gasteiger charge is 2.23. The molecule has 1 saturated heterocycles. The van der Waals surface area contributed by atoms with Gasteiger partial charge in [-0.1, -0.05) is 0 Å². The number of aromatic nitrogens is 1. The molecule has 146 valence electrons. The number of carbonyl (C=O) groups is 1. The summed E-state index contributed by atoms with van der Waals surface area (Å²) in [5.41, 5.74) is 0. The molecule has 1 fully saturated rings. The van der Waals surface area contributed by atoms with Crippen LogP contribution in [0.3, 0.4) is 0 Å². The summed E-state index contributed by atoms with van der Waals surface area (Å²) in [7, 11) is -0.139. The maximum absolute atomic E-state index is 12.1. The Bertz CT molecular complexity index is 713. The van der Waals surface area contributed by atoms with Crippen LogP contribution >= 0.6 is 24.0 Å². The molecule has 1 aliphatic rings. The summed E-state index contributed by atoms with van der Waals surface area (Å²) in [5, 5.41) is 6.30. The molecule has 9 nitrogen and oxygen atoms in total. The van der Waals surface area contributed by atoms with Gasteiger partial charge in [0, 0.05) is 58.6 Å². The largest absolute Gasteiger partial charge is 0.355 e. The molecule has 1 amide bonds. The van der Waals surface area contributed by atoms with E-state index in [0.29, 0.717) is 25.5 Å². The number of nitrogens with one attached hydrogen (secondary N) is 3. The monoisotopic (exact) mass is 496 g/mol. The predicted octanol–water partition coefficient (Wildman–Crippen LogP) is -0.236. The van der Waals surface area contributed by atoms with Crippen molar-refractivity contribution in [3.05, 3.63) is 24.5 Å². The first kappa shape index (κ1) is 22.6. The average molecular weight is 496 g/mol. The smallest absolute Gasteiger partial charge is 0.242 e. The Labute approximate surface area is 171 Å². The molecule has 3 N–H and O–H groups in total. The van der Waals surface area contributed by atoms with E-state index in [4.69, 9.17) is 0 Å². The van der Waals surface area contributed by atoms with E-state index in [1.54, 1.807) is 25.1 Å². The third kappa shape index (κ3) is 6.68. The minimum atomic E-state index is -3.56. The number of guanidine groups is 1. The Morgan fingerprint density at radius 3 is 2.81 bits per heavy atom. The molecule has 0 saturated carbocycles. The number of piperidine rings is 1. The zero-order valence-corrected chi connectivity index (χ0v) is 18.0. The van der Waals surface area contributed by atoms with Crippen LogP contribution in [-0.2, 0) is 14.8 Å². The third-order valence-electron chi connectivity index (χ3n) is 3.85. The van der Waals surface area contributed by atoms with Gasteiger partial charge in [-0.3, -0.25) is 14.8 Å². The molecule has 11 heteroatoms. The lowest BCUT2D eigenvalue weighted by molar-refractivity contribution is -0.132. The first-order valence-corrected chi connectivity index (χ1v) is 9.51. The molecule has 1 unspecified atom stereocenters. The maximum atomic E-state index is 12.1. The van der Waals surface area contributed by atoms with Crippen LogP contribution in [0.2, 0.25) is 0 Å². The van der Waals surface area contributed by atoms with Crippen LogP contribution in [0.4, 0.5) is 0 Å². The second-order valence-electron chi connectivity index (χ2n) is 5.74. The lowest BCUT2D eigenvalue weighted by Gasteiger charge is -2.31. The second-order valence-corrected chi connectivity index (χ2v) is 7.51. The minimum Gasteiger partial charge on any atom is -0.355 e. The van der Waals surface area contributed by atoms with Gasteiger partial charge in [0.05, 0.1) is 0 Å². The normalized spacial score (nSPS) is 18.2. The number of hydrogen-bond donors (Lipinski definition) is 3. The van der Waals surface area contributed by atoms with Crippen LogP contribution in [0, 0.1) is 0 Å². The Hall–Kier alpha value is -1.47. The fourth-order valence-electron chi connectivity index (χ4n) is 2.47. The molecule has 0 aliphatic carbocycles. The van der Waals surface area contributed by atoms with Crippen molar-refractivity contribution in [2.24, 2.45) is 4.99 Å². The van der Waals surface area contributed by atoms with Gasteiger partial charge in [0.15, 0.2) is 5.96 Å². The Morgan fingerprint density at radius 1 is 1.42 bits per heavy atom. The number of pyridine rings is 1. The highest BCUT2D eigenvalue weighted by molar-refractivity contribution is 14.0. The van der Waals surface area contributed by atoms with Gasteiger partial charge >= 0.3 is 0 Å². The van der Waals surface area contributed by atoms with Gasteiger partial charge in [-0.15, -0.1) is 24.0 Å². The number of rotatable bonds is 6. The van der Waals surface area contributed by atoms with Crippen LogP contribution in [0.5, 0.6) is 0 Å². The van der Waals surface area contributed by atoms with Crippen molar-refractivity contribution in [2.45, 2.75) is 23.8 Å². The summed E-state index contributed by atoms with van der Waals surface area (Å²) in [5.74, 6) is 0.721. The molecule has 2 rings (SSSR count). The van der Waals surface area contributed by atoms with E-state index in [0.717, 1.165) is 6.42 Å². The third-order valence-corrected chi connectivity index (χ3v) is 5.29. The first-order valence-electron chi connectivity index (χ1n) is 8.03. The molecule has 0 spiro atoms. The SMILES string of the molecule is CN=C(NCCNS(=O)(=O)c1cccnc1)NC1CCC(=O)N(C)C1.I. The number of amides is 1. The Morgan fingerprint density at radius 2 is 2.19 bits per heavy atom. The number of nitrogens with zero attached hydrogens (tertiary/aromatic N) is 3. The number of likely N-dealkylation sites (tertiary alicyclic amines) is 1. The molecular weight excluding hydrogens is 471 g/mol. The summed E-state index contributed by atoms with van der Waals surface area (Å²) in [6.07, 6.45) is 4.08. The molecule has 0 bridgehead atoms. The number of hydrogen-bond acceptors (Lipinski definition) is 5. The van der Waals surface area contributed by atoms with Crippen molar-refractivity contribution < 1.29 is 13.2 Å². The Balaban J connectivity index is 0.00000338. The van der Waals surface area contributed by atoms with Crippen molar-refractivity contribution in [1.82, 2.24) is 25.2 Å². The van der Waals surface area contributed by atoms with Gasteiger partial charge in [-0.2, -0.15) is 0 Å². The molecule has 1 aliphatic heterocycles. The molecular formula is C15H25IN6O3S. The van der Waals surface area contributed by atoms with E-state index in [9.17, 15) is 13.2 Å². The van der Waals surface area contributed by atoms with Crippen LogP contribution in [0.1, 0.15) is 12.8 Å². The number of carbonyl (C=O) groups excluding carboxylic acids is 1. The van der Waals surface area contributed by atoms with Crippen molar-refractivity contribution in [2.75, 3.05) is 33.7 Å². The quantitative estimate of drug-likeness (QED) is 0.217. The number of likely N-dealkylation sites (N-methyl/N-ethyl adjacent to an activating group) is 1. The van der Waals surface area contributed by atoms with E-state index in [1.165, 1.54) is 18.5 Å². The van der Waals surface area contributed by atoms with Crippen LogP contribution in [-0.4, -0.2) is 69.9 Å². The standard InChI is InChI=1S/C15H24N6O3S.HI/c1-16-15(20-12-5-6-14(22)21(2)11-12)18-8-9-19-25(23,24)13-4-3-7-17-10-13;/h3-4,7,10,12,19H,5-6,8-9,11H2,1-2H3,(H2,16,18,20);1H. The number of halogens is 1. The summed E-state index contributed by atoms with van der Waals surface area (Å²) in [6, 6.07) is 3.19. The van der Waals surface area contributed by atoms with Crippen LogP contribution in [0.25, 0.3) is 0 Å². The topological polar surface area (TPSA) is 116 Å². The van der Waals surface area contributed by atoms with Crippen molar-refractivity contribution in [1.29, 1.82) is 0 Å². The van der Waals surface area contributed by atoms with Crippen molar-refractivity contribution in [3.63, 3.8) is 0 Å². The second kappa shape index (κ2) is 10.6. The van der Waals surface area contributed by atoms with Gasteiger partial charge < -0.3 is 15.5 Å². The van der Waals surface area contributed by atoms with Crippen molar-refractivity contribution >= 4 is 45.9 Å². The predicted molar refractivity (Wildman–Crippen MR) is 110 cm³/mol. The zero-order chi connectivity index (χ0) is 18.3. The first-order chi connectivity index (χ1) is 11.9. The molecule has 0 radical (unpaired) electrons. The van der Waals surface area contributed by atoms with E-state index in [2.05, 4.69) is 25.3 Å². The lowest BCUT2D eigenvalue weighted by Crippen LogP contribution is -2.52. The molecule has 26 heavy (non-hydrogen) atoms. The van der Waals surface area contributed by atoms with E-state index >= 15 is 0 Å². The summed E-state index contributed by atoms with van der Waals surface area (Å²) < 4.78 is 26.6. The van der Waals surface area contributed by atoms with Gasteiger partial charge in [0.2, 0.25) is 15.9 Å². The minimum absolute atomic E-state index is 0. The highest BCUT2D eigenvalue weighted by atomic mass is 127. The number of aliphatic imine (C=N–C) groups is 1. The van der Waals surface area contributed by atoms with E-state index in [1.807, 2.05) is 0 Å². The maximum Gasteiger partial charge on any atom is 0.242 e. The summed E-state index contributed by atoms with van der Waals surface area (Å²) in [4.78, 5) is 21.2. The van der Waals surface area contributed by atoms with Gasteiger partial charge in [-0.25, -0.2) is 13.1 Å². The number of sulfonamides is 1. The fraction of sp³-hybridized carbons (Fsp3) is 0.533. The fourth-order valence-corrected chi connectivity index (χ4v) is 3.47. The summed E-state index contributed by atoms with van der Waals surface area (Å²) >= 11 is 0. The lowest BCUT2D eigenvalue weighted by atomic mass is 10.1. The molecule has 1 aromatic rings. The highest BCUT2D eigenvalue weighted by Crippen LogP contribution is 2.09. The molecule has 1 atom stereocenters. The molecule has 0 aromatic carbocycles. The van der Waals surface area contributed by atoms with Gasteiger partial charge in [0.25, 0.3) is 0 Å². The van der Waals surface area contributed by atoms with Gasteiger partial charge in [0.1, 0.15) is 4.90 Å². The summed E-state index contributed by atoms with van der Waals surface area (Å²) in [6.45, 7) is 1.20. The van der Waals surface area contributed by atoms with Gasteiger partial charge in [-0.05, 0) is 18.6 Å². The average Bonchev–Trinajstić information content (AvgIpc) is 2.61. The van der Waals surface area contributed by atoms with E-state index in [-0.39, 0.29) is 47.4 Å². The van der Waals surface area contributed by atoms with Crippen molar-refractivity contribution in [3.8, 4) is 0 Å².